The molecule has 0 bridgehead atoms. The lowest BCUT2D eigenvalue weighted by Gasteiger charge is -2.26. The van der Waals surface area contributed by atoms with E-state index in [-0.39, 0.29) is 30.2 Å². The number of amides is 2. The Balaban J connectivity index is 0.000000384. The highest BCUT2D eigenvalue weighted by molar-refractivity contribution is 5.82. The second-order valence-electron chi connectivity index (χ2n) is 9.05. The molecule has 3 fully saturated rings. The fourth-order valence-corrected chi connectivity index (χ4v) is 4.95. The Bertz CT molecular complexity index is 1070. The van der Waals surface area contributed by atoms with Gasteiger partial charge in [0.25, 0.3) is 0 Å². The van der Waals surface area contributed by atoms with Crippen molar-refractivity contribution in [3.8, 4) is 5.69 Å². The Morgan fingerprint density at radius 2 is 1.75 bits per heavy atom. The number of rotatable bonds is 4. The number of benzene rings is 1. The number of likely N-dealkylation sites (tertiary alicyclic amines) is 2. The minimum Gasteiger partial charge on any atom is -0.475 e. The Morgan fingerprint density at radius 3 is 2.33 bits per heavy atom. The first-order valence-corrected chi connectivity index (χ1v) is 11.8. The predicted octanol–water partition coefficient (Wildman–Crippen LogP) is 3.76. The second-order valence-corrected chi connectivity index (χ2v) is 9.05. The number of halogens is 3. The molecule has 1 aliphatic carbocycles. The van der Waals surface area contributed by atoms with E-state index in [9.17, 15) is 22.8 Å². The smallest absolute Gasteiger partial charge is 0.475 e. The first-order valence-electron chi connectivity index (χ1n) is 11.8. The monoisotopic (exact) mass is 508 g/mol. The van der Waals surface area contributed by atoms with Crippen LogP contribution in [0, 0.1) is 0 Å². The van der Waals surface area contributed by atoms with Crippen LogP contribution in [0.4, 0.5) is 18.0 Å². The number of alkyl halides is 3. The second kappa shape index (κ2) is 10.6. The topological polar surface area (TPSA) is 105 Å². The van der Waals surface area contributed by atoms with Crippen LogP contribution in [0.15, 0.2) is 42.7 Å². The van der Waals surface area contributed by atoms with Crippen LogP contribution in [0.5, 0.6) is 0 Å². The minimum atomic E-state index is -5.08. The molecule has 0 radical (unpaired) electrons. The highest BCUT2D eigenvalue weighted by Crippen LogP contribution is 2.34. The number of carboxylic acids is 1. The number of ether oxygens (including phenoxy) is 1. The zero-order valence-corrected chi connectivity index (χ0v) is 19.4. The summed E-state index contributed by atoms with van der Waals surface area (Å²) in [5, 5.41) is 11.4. The molecule has 12 heteroatoms. The number of hydrogen-bond acceptors (Lipinski definition) is 5. The Morgan fingerprint density at radius 1 is 1.08 bits per heavy atom. The number of carbonyl (C=O) groups excluding carboxylic acids is 2. The molecular weight excluding hydrogens is 481 g/mol. The van der Waals surface area contributed by atoms with Crippen LogP contribution < -0.4 is 0 Å². The highest BCUT2D eigenvalue weighted by Gasteiger charge is 2.49. The molecule has 0 spiro atoms. The Kier molecular flexibility index (Phi) is 7.51. The number of nitrogens with zero attached hydrogens (tertiary/aromatic N) is 4. The van der Waals surface area contributed by atoms with Gasteiger partial charge in [-0.15, -0.1) is 0 Å². The van der Waals surface area contributed by atoms with Gasteiger partial charge in [0.05, 0.1) is 17.8 Å². The van der Waals surface area contributed by atoms with E-state index in [2.05, 4.69) is 5.10 Å². The van der Waals surface area contributed by atoms with Gasteiger partial charge in [-0.25, -0.2) is 14.3 Å². The summed E-state index contributed by atoms with van der Waals surface area (Å²) in [4.78, 5) is 38.0. The van der Waals surface area contributed by atoms with Crippen LogP contribution in [0.25, 0.3) is 5.69 Å². The van der Waals surface area contributed by atoms with E-state index in [1.165, 1.54) is 0 Å². The summed E-state index contributed by atoms with van der Waals surface area (Å²) >= 11 is 0. The van der Waals surface area contributed by atoms with Crippen molar-refractivity contribution in [2.75, 3.05) is 6.54 Å². The van der Waals surface area contributed by atoms with Gasteiger partial charge in [0, 0.05) is 31.9 Å². The van der Waals surface area contributed by atoms with Crippen molar-refractivity contribution in [2.24, 2.45) is 0 Å². The molecule has 9 nitrogen and oxygen atoms in total. The summed E-state index contributed by atoms with van der Waals surface area (Å²) in [5.41, 5.74) is 2.08. The molecule has 5 rings (SSSR count). The molecule has 36 heavy (non-hydrogen) atoms. The lowest BCUT2D eigenvalue weighted by atomic mass is 10.1. The number of hydrogen-bond donors (Lipinski definition) is 1. The van der Waals surface area contributed by atoms with Gasteiger partial charge in [-0.1, -0.05) is 12.1 Å². The van der Waals surface area contributed by atoms with Crippen LogP contribution in [0.1, 0.15) is 44.1 Å². The zero-order valence-electron chi connectivity index (χ0n) is 19.4. The molecule has 194 valence electrons. The standard InChI is InChI=1S/C22H26N4O3.C2HF3O2/c27-21-14-20-19(10-13-24(20)22(28)29-18-4-1-2-5-18)25(21)15-16-6-8-17(9-7-16)26-12-3-11-23-26;3-2(4,5)1(6)7/h3,6-9,11-12,18-20H,1-2,4-5,10,13-15H2;(H,6,7)/t19-,20-;/m0./s1. The van der Waals surface area contributed by atoms with Gasteiger partial charge in [-0.3, -0.25) is 4.79 Å². The molecule has 0 unspecified atom stereocenters. The minimum absolute atomic E-state index is 0.0558. The van der Waals surface area contributed by atoms with Gasteiger partial charge in [0.15, 0.2) is 0 Å². The number of carboxylic acid groups (broad SMARTS) is 1. The summed E-state index contributed by atoms with van der Waals surface area (Å²) in [6.07, 6.45) is 3.82. The van der Waals surface area contributed by atoms with Crippen LogP contribution in [0.3, 0.4) is 0 Å². The maximum absolute atomic E-state index is 12.7. The van der Waals surface area contributed by atoms with Crippen molar-refractivity contribution in [3.05, 3.63) is 48.3 Å². The van der Waals surface area contributed by atoms with Gasteiger partial charge in [0.2, 0.25) is 5.91 Å². The number of carbonyl (C=O) groups is 3. The summed E-state index contributed by atoms with van der Waals surface area (Å²) in [5.74, 6) is -2.64. The molecule has 1 aromatic heterocycles. The van der Waals surface area contributed by atoms with Gasteiger partial charge >= 0.3 is 18.2 Å². The molecule has 2 saturated heterocycles. The van der Waals surface area contributed by atoms with Crippen LogP contribution in [-0.2, 0) is 20.9 Å². The zero-order chi connectivity index (χ0) is 25.9. The molecule has 3 aliphatic rings. The van der Waals surface area contributed by atoms with Crippen LogP contribution in [-0.4, -0.2) is 73.6 Å². The number of aromatic nitrogens is 2. The van der Waals surface area contributed by atoms with E-state index in [4.69, 9.17) is 14.6 Å². The summed E-state index contributed by atoms with van der Waals surface area (Å²) < 4.78 is 39.2. The van der Waals surface area contributed by atoms with Crippen LogP contribution in [0.2, 0.25) is 0 Å². The van der Waals surface area contributed by atoms with Crippen molar-refractivity contribution in [2.45, 2.75) is 69.4 Å². The SMILES string of the molecule is O=C(O)C(F)(F)F.O=C1C[C@H]2[C@H](CCN2C(=O)OC2CCCC2)N1Cc1ccc(-n2cccn2)cc1. The van der Waals surface area contributed by atoms with E-state index in [1.54, 1.807) is 11.1 Å². The average molecular weight is 508 g/mol. The van der Waals surface area contributed by atoms with E-state index < -0.39 is 12.1 Å². The van der Waals surface area contributed by atoms with Gasteiger partial charge in [-0.2, -0.15) is 18.3 Å². The van der Waals surface area contributed by atoms with Crippen molar-refractivity contribution < 1.29 is 37.4 Å². The fraction of sp³-hybridized carbons (Fsp3) is 0.500. The quantitative estimate of drug-likeness (QED) is 0.675. The van der Waals surface area contributed by atoms with Crippen molar-refractivity contribution in [3.63, 3.8) is 0 Å². The third kappa shape index (κ3) is 5.80. The van der Waals surface area contributed by atoms with E-state index in [1.807, 2.05) is 46.1 Å². The molecular formula is C24H27F3N4O5. The van der Waals surface area contributed by atoms with Crippen molar-refractivity contribution in [1.82, 2.24) is 19.6 Å². The lowest BCUT2D eigenvalue weighted by Crippen LogP contribution is -2.40. The van der Waals surface area contributed by atoms with Gasteiger partial charge in [0.1, 0.15) is 6.10 Å². The number of fused-ring (bicyclic) bond motifs is 1. The molecule has 2 aliphatic heterocycles. The first kappa shape index (κ1) is 25.5. The Labute approximate surface area is 205 Å². The third-order valence-corrected chi connectivity index (χ3v) is 6.72. The summed E-state index contributed by atoms with van der Waals surface area (Å²) in [6.45, 7) is 1.24. The number of aliphatic carboxylic acids is 1. The normalized spacial score (nSPS) is 21.8. The lowest BCUT2D eigenvalue weighted by molar-refractivity contribution is -0.192. The third-order valence-electron chi connectivity index (χ3n) is 6.72. The largest absolute Gasteiger partial charge is 0.490 e. The maximum Gasteiger partial charge on any atom is 0.490 e. The van der Waals surface area contributed by atoms with Gasteiger partial charge < -0.3 is 19.6 Å². The molecule has 2 atom stereocenters. The fourth-order valence-electron chi connectivity index (χ4n) is 4.95. The molecule has 3 heterocycles. The van der Waals surface area contributed by atoms with E-state index in [0.717, 1.165) is 43.4 Å². The van der Waals surface area contributed by atoms with Gasteiger partial charge in [-0.05, 0) is 55.9 Å². The highest BCUT2D eigenvalue weighted by atomic mass is 19.4. The summed E-state index contributed by atoms with van der Waals surface area (Å²) in [6, 6.07) is 10.0. The average Bonchev–Trinajstić information content (AvgIpc) is 3.62. The molecule has 1 aromatic carbocycles. The molecule has 1 saturated carbocycles. The molecule has 1 N–H and O–H groups in total. The predicted molar refractivity (Wildman–Crippen MR) is 120 cm³/mol. The maximum atomic E-state index is 12.7. The molecule has 2 aromatic rings. The van der Waals surface area contributed by atoms with Crippen LogP contribution >= 0.6 is 0 Å². The van der Waals surface area contributed by atoms with Crippen molar-refractivity contribution in [1.29, 1.82) is 0 Å². The summed E-state index contributed by atoms with van der Waals surface area (Å²) in [7, 11) is 0. The van der Waals surface area contributed by atoms with E-state index >= 15 is 0 Å². The first-order chi connectivity index (χ1) is 17.1. The van der Waals surface area contributed by atoms with E-state index in [0.29, 0.717) is 19.5 Å². The van der Waals surface area contributed by atoms with Crippen molar-refractivity contribution >= 4 is 18.0 Å². The molecule has 2 amide bonds. The Hall–Kier alpha value is -3.57.